The van der Waals surface area contributed by atoms with Crippen LogP contribution in [-0.4, -0.2) is 50.3 Å². The first-order valence-corrected chi connectivity index (χ1v) is 9.00. The molecule has 4 rings (SSSR count). The second kappa shape index (κ2) is 6.13. The number of carbonyl (C=O) groups excluding carboxylic acids is 2. The number of H-pyrrole nitrogens is 1. The van der Waals surface area contributed by atoms with Crippen LogP contribution in [0.5, 0.6) is 0 Å². The number of fused-ring (bicyclic) bond motifs is 1. The fraction of sp³-hybridized carbons (Fsp3) is 0.556. The van der Waals surface area contributed by atoms with Crippen LogP contribution in [0.2, 0.25) is 0 Å². The van der Waals surface area contributed by atoms with Crippen molar-refractivity contribution in [2.75, 3.05) is 6.54 Å². The molecule has 0 radical (unpaired) electrons. The molecule has 0 aromatic carbocycles. The van der Waals surface area contributed by atoms with Crippen molar-refractivity contribution in [3.8, 4) is 0 Å². The number of carbonyl (C=O) groups is 2. The molecule has 7 nitrogen and oxygen atoms in total. The maximum atomic E-state index is 12.7. The van der Waals surface area contributed by atoms with Crippen molar-refractivity contribution in [3.05, 3.63) is 23.7 Å². The third-order valence-electron chi connectivity index (χ3n) is 5.19. The van der Waals surface area contributed by atoms with Crippen molar-refractivity contribution in [3.63, 3.8) is 0 Å². The Morgan fingerprint density at radius 1 is 1.36 bits per heavy atom. The lowest BCUT2D eigenvalue weighted by Gasteiger charge is -2.25. The van der Waals surface area contributed by atoms with E-state index in [1.165, 1.54) is 0 Å². The van der Waals surface area contributed by atoms with E-state index in [1.807, 2.05) is 11.8 Å². The summed E-state index contributed by atoms with van der Waals surface area (Å²) in [5, 5.41) is 2.82. The van der Waals surface area contributed by atoms with Gasteiger partial charge in [0, 0.05) is 24.7 Å². The molecular weight excluding hydrogens is 318 g/mol. The third kappa shape index (κ3) is 2.99. The highest BCUT2D eigenvalue weighted by Crippen LogP contribution is 2.39. The molecule has 25 heavy (non-hydrogen) atoms. The van der Waals surface area contributed by atoms with Crippen molar-refractivity contribution < 1.29 is 9.59 Å². The van der Waals surface area contributed by atoms with Crippen molar-refractivity contribution in [2.45, 2.75) is 57.5 Å². The second-order valence-electron chi connectivity index (χ2n) is 7.19. The molecule has 0 spiro atoms. The molecule has 1 aliphatic carbocycles. The van der Waals surface area contributed by atoms with Gasteiger partial charge in [-0.05, 0) is 39.5 Å². The number of rotatable bonds is 4. The SMILES string of the molecule is CC(NC(=O)c1c[nH]c2ncc(C3CC3)nc12)C(=O)N1CCC[C@H]1C. The van der Waals surface area contributed by atoms with E-state index in [2.05, 4.69) is 20.3 Å². The van der Waals surface area contributed by atoms with Crippen LogP contribution >= 0.6 is 0 Å². The second-order valence-corrected chi connectivity index (χ2v) is 7.19. The third-order valence-corrected chi connectivity index (χ3v) is 5.19. The lowest BCUT2D eigenvalue weighted by molar-refractivity contribution is -0.133. The Kier molecular flexibility index (Phi) is 3.94. The summed E-state index contributed by atoms with van der Waals surface area (Å²) in [5.74, 6) is 0.156. The fourth-order valence-electron chi connectivity index (χ4n) is 3.50. The Morgan fingerprint density at radius 2 is 2.16 bits per heavy atom. The van der Waals surface area contributed by atoms with E-state index in [9.17, 15) is 9.59 Å². The van der Waals surface area contributed by atoms with Gasteiger partial charge in [0.15, 0.2) is 5.65 Å². The van der Waals surface area contributed by atoms with Crippen LogP contribution in [0.1, 0.15) is 61.5 Å². The van der Waals surface area contributed by atoms with E-state index in [-0.39, 0.29) is 17.9 Å². The van der Waals surface area contributed by atoms with Gasteiger partial charge in [-0.3, -0.25) is 9.59 Å². The maximum Gasteiger partial charge on any atom is 0.255 e. The zero-order valence-corrected chi connectivity index (χ0v) is 14.6. The Morgan fingerprint density at radius 3 is 2.84 bits per heavy atom. The smallest absolute Gasteiger partial charge is 0.255 e. The molecule has 2 fully saturated rings. The van der Waals surface area contributed by atoms with Gasteiger partial charge < -0.3 is 15.2 Å². The predicted octanol–water partition coefficient (Wildman–Crippen LogP) is 1.96. The number of hydrogen-bond donors (Lipinski definition) is 2. The molecular formula is C18H23N5O2. The number of aromatic amines is 1. The molecule has 2 atom stereocenters. The summed E-state index contributed by atoms with van der Waals surface area (Å²) in [6.45, 7) is 4.55. The molecule has 1 unspecified atom stereocenters. The molecule has 2 aromatic rings. The highest BCUT2D eigenvalue weighted by Gasteiger charge is 2.30. The average molecular weight is 341 g/mol. The van der Waals surface area contributed by atoms with Crippen molar-refractivity contribution in [2.24, 2.45) is 0 Å². The number of amides is 2. The van der Waals surface area contributed by atoms with Crippen LogP contribution in [0.4, 0.5) is 0 Å². The fourth-order valence-corrected chi connectivity index (χ4v) is 3.50. The zero-order valence-electron chi connectivity index (χ0n) is 14.6. The molecule has 1 aliphatic heterocycles. The Balaban J connectivity index is 1.51. The monoisotopic (exact) mass is 341 g/mol. The van der Waals surface area contributed by atoms with E-state index >= 15 is 0 Å². The molecule has 2 N–H and O–H groups in total. The van der Waals surface area contributed by atoms with E-state index in [0.29, 0.717) is 22.6 Å². The van der Waals surface area contributed by atoms with Gasteiger partial charge in [0.1, 0.15) is 11.6 Å². The largest absolute Gasteiger partial charge is 0.344 e. The molecule has 1 saturated carbocycles. The summed E-state index contributed by atoms with van der Waals surface area (Å²) >= 11 is 0. The Hall–Kier alpha value is -2.44. The van der Waals surface area contributed by atoms with Crippen molar-refractivity contribution >= 4 is 23.0 Å². The summed E-state index contributed by atoms with van der Waals surface area (Å²) in [6.07, 6.45) is 7.70. The maximum absolute atomic E-state index is 12.7. The van der Waals surface area contributed by atoms with Crippen LogP contribution in [0.3, 0.4) is 0 Å². The molecule has 3 heterocycles. The lowest BCUT2D eigenvalue weighted by Crippen LogP contribution is -2.47. The van der Waals surface area contributed by atoms with Gasteiger partial charge in [-0.1, -0.05) is 0 Å². The van der Waals surface area contributed by atoms with Crippen LogP contribution in [-0.2, 0) is 4.79 Å². The Bertz CT molecular complexity index is 826. The average Bonchev–Trinajstić information content (AvgIpc) is 3.23. The van der Waals surface area contributed by atoms with Gasteiger partial charge >= 0.3 is 0 Å². The van der Waals surface area contributed by atoms with E-state index in [0.717, 1.165) is 37.9 Å². The summed E-state index contributed by atoms with van der Waals surface area (Å²) < 4.78 is 0. The standard InChI is InChI=1S/C18H23N5O2/c1-10-4-3-7-23(10)18(25)11(2)21-17(24)13-8-19-16-15(13)22-14(9-20-16)12-5-6-12/h8-12H,3-7H2,1-2H3,(H,19,20)(H,21,24)/t10-,11?/m1/s1. The van der Waals surface area contributed by atoms with E-state index < -0.39 is 6.04 Å². The number of nitrogens with zero attached hydrogens (tertiary/aromatic N) is 3. The number of hydrogen-bond acceptors (Lipinski definition) is 4. The van der Waals surface area contributed by atoms with E-state index in [1.54, 1.807) is 19.3 Å². The first-order valence-electron chi connectivity index (χ1n) is 9.00. The van der Waals surface area contributed by atoms with Gasteiger partial charge in [0.25, 0.3) is 5.91 Å². The summed E-state index contributed by atoms with van der Waals surface area (Å²) in [5.41, 5.74) is 2.56. The highest BCUT2D eigenvalue weighted by atomic mass is 16.2. The first-order chi connectivity index (χ1) is 12.0. The van der Waals surface area contributed by atoms with Crippen molar-refractivity contribution in [1.29, 1.82) is 0 Å². The lowest BCUT2D eigenvalue weighted by atomic mass is 10.2. The quantitative estimate of drug-likeness (QED) is 0.889. The van der Waals surface area contributed by atoms with Crippen molar-refractivity contribution in [1.82, 2.24) is 25.2 Å². The number of nitrogens with one attached hydrogen (secondary N) is 2. The van der Waals surface area contributed by atoms with Gasteiger partial charge in [-0.25, -0.2) is 9.97 Å². The summed E-state index contributed by atoms with van der Waals surface area (Å²) in [6, 6.07) is -0.315. The minimum atomic E-state index is -0.558. The topological polar surface area (TPSA) is 91.0 Å². The minimum Gasteiger partial charge on any atom is -0.344 e. The van der Waals surface area contributed by atoms with Gasteiger partial charge in [-0.2, -0.15) is 0 Å². The molecule has 1 saturated heterocycles. The minimum absolute atomic E-state index is 0.0251. The first kappa shape index (κ1) is 16.1. The van der Waals surface area contributed by atoms with Gasteiger partial charge in [0.05, 0.1) is 17.5 Å². The molecule has 2 aliphatic rings. The molecule has 2 aromatic heterocycles. The van der Waals surface area contributed by atoms with Crippen LogP contribution in [0.25, 0.3) is 11.2 Å². The molecule has 132 valence electrons. The van der Waals surface area contributed by atoms with Gasteiger partial charge in [0.2, 0.25) is 5.91 Å². The van der Waals surface area contributed by atoms with Crippen LogP contribution in [0.15, 0.2) is 12.4 Å². The molecule has 2 amide bonds. The van der Waals surface area contributed by atoms with Gasteiger partial charge in [-0.15, -0.1) is 0 Å². The summed E-state index contributed by atoms with van der Waals surface area (Å²) in [7, 11) is 0. The summed E-state index contributed by atoms with van der Waals surface area (Å²) in [4.78, 5) is 39.0. The highest BCUT2D eigenvalue weighted by molar-refractivity contribution is 6.05. The molecule has 0 bridgehead atoms. The molecule has 7 heteroatoms. The van der Waals surface area contributed by atoms with E-state index in [4.69, 9.17) is 0 Å². The van der Waals surface area contributed by atoms with Crippen LogP contribution < -0.4 is 5.32 Å². The Labute approximate surface area is 146 Å². The number of aromatic nitrogens is 3. The predicted molar refractivity (Wildman–Crippen MR) is 93.2 cm³/mol. The number of likely N-dealkylation sites (tertiary alicyclic amines) is 1. The normalized spacial score (nSPS) is 21.5. The van der Waals surface area contributed by atoms with Crippen LogP contribution in [0, 0.1) is 0 Å². The zero-order chi connectivity index (χ0) is 17.6.